The number of anilines is 1. The molecule has 0 bridgehead atoms. The van der Waals surface area contributed by atoms with Gasteiger partial charge in [0.25, 0.3) is 5.56 Å². The normalized spacial score (nSPS) is 12.7. The Labute approximate surface area is 168 Å². The van der Waals surface area contributed by atoms with Gasteiger partial charge in [0, 0.05) is 25.0 Å². The van der Waals surface area contributed by atoms with Crippen LogP contribution in [0.5, 0.6) is 0 Å². The lowest BCUT2D eigenvalue weighted by Gasteiger charge is -2.31. The molecule has 0 fully saturated rings. The molecule has 0 aliphatic heterocycles. The van der Waals surface area contributed by atoms with Crippen LogP contribution in [0.2, 0.25) is 0 Å². The maximum Gasteiger partial charge on any atom is 0.280 e. The minimum Gasteiger partial charge on any atom is -0.394 e. The number of hydrogen-bond acceptors (Lipinski definition) is 8. The summed E-state index contributed by atoms with van der Waals surface area (Å²) in [6.07, 6.45) is 1.33. The largest absolute Gasteiger partial charge is 0.394 e. The van der Waals surface area contributed by atoms with Gasteiger partial charge in [0.15, 0.2) is 16.9 Å². The third-order valence-electron chi connectivity index (χ3n) is 4.47. The van der Waals surface area contributed by atoms with Gasteiger partial charge in [0.1, 0.15) is 12.6 Å². The number of H-pyrrole nitrogens is 1. The van der Waals surface area contributed by atoms with Gasteiger partial charge in [-0.25, -0.2) is 4.98 Å². The van der Waals surface area contributed by atoms with E-state index in [4.69, 9.17) is 5.73 Å². The quantitative estimate of drug-likeness (QED) is 0.395. The Balaban J connectivity index is 2.31. The first kappa shape index (κ1) is 22.5. The standard InChI is InChI=1S/C18H29N7O4/c1-10(2)15(28)12(8-26)25(6-5-20-11(3)4)13(27)7-24-9-21-14-16(24)22-18(19)23-17(14)29/h9-12,20,26H,5-8H2,1-4H3,(H3,19,22,23,29)/t12-/m1/s1. The lowest BCUT2D eigenvalue weighted by atomic mass is 10.0. The number of carbonyl (C=O) groups is 2. The van der Waals surface area contributed by atoms with Crippen molar-refractivity contribution in [2.45, 2.75) is 46.3 Å². The second-order valence-electron chi connectivity index (χ2n) is 7.45. The smallest absolute Gasteiger partial charge is 0.280 e. The molecule has 0 aliphatic rings. The van der Waals surface area contributed by atoms with E-state index in [-0.39, 0.29) is 47.9 Å². The first-order valence-electron chi connectivity index (χ1n) is 9.53. The fourth-order valence-corrected chi connectivity index (χ4v) is 2.98. The number of hydrogen-bond donors (Lipinski definition) is 4. The molecule has 2 heterocycles. The fraction of sp³-hybridized carbons (Fsp3) is 0.611. The average Bonchev–Trinajstić information content (AvgIpc) is 3.03. The molecule has 2 aromatic heterocycles. The van der Waals surface area contributed by atoms with Crippen molar-refractivity contribution in [1.82, 2.24) is 29.7 Å². The Morgan fingerprint density at radius 2 is 2.03 bits per heavy atom. The number of nitrogens with one attached hydrogen (secondary N) is 2. The molecule has 0 aromatic carbocycles. The number of aliphatic hydroxyl groups excluding tert-OH is 1. The number of aromatic amines is 1. The number of Topliss-reactive ketones (excluding diaryl/α,β-unsaturated/α-hetero) is 1. The molecule has 11 heteroatoms. The number of fused-ring (bicyclic) bond motifs is 1. The predicted molar refractivity (Wildman–Crippen MR) is 108 cm³/mol. The second-order valence-corrected chi connectivity index (χ2v) is 7.45. The maximum absolute atomic E-state index is 13.1. The number of aliphatic hydroxyl groups is 1. The number of imidazole rings is 1. The number of carbonyl (C=O) groups excluding carboxylic acids is 2. The van der Waals surface area contributed by atoms with Gasteiger partial charge in [-0.05, 0) is 0 Å². The van der Waals surface area contributed by atoms with Gasteiger partial charge in [-0.15, -0.1) is 0 Å². The van der Waals surface area contributed by atoms with E-state index in [2.05, 4.69) is 20.3 Å². The van der Waals surface area contributed by atoms with Gasteiger partial charge in [-0.1, -0.05) is 27.7 Å². The van der Waals surface area contributed by atoms with Crippen molar-refractivity contribution in [3.8, 4) is 0 Å². The van der Waals surface area contributed by atoms with Crippen molar-refractivity contribution in [2.24, 2.45) is 5.92 Å². The minimum atomic E-state index is -0.951. The monoisotopic (exact) mass is 407 g/mol. The second kappa shape index (κ2) is 9.61. The highest BCUT2D eigenvalue weighted by molar-refractivity contribution is 5.90. The van der Waals surface area contributed by atoms with Crippen LogP contribution in [0.3, 0.4) is 0 Å². The van der Waals surface area contributed by atoms with Crippen molar-refractivity contribution in [1.29, 1.82) is 0 Å². The number of ketones is 1. The van der Waals surface area contributed by atoms with Gasteiger partial charge >= 0.3 is 0 Å². The number of rotatable bonds is 10. The third kappa shape index (κ3) is 5.39. The van der Waals surface area contributed by atoms with E-state index in [0.29, 0.717) is 6.54 Å². The number of nitrogens with zero attached hydrogens (tertiary/aromatic N) is 4. The van der Waals surface area contributed by atoms with Crippen LogP contribution in [0.1, 0.15) is 27.7 Å². The molecule has 11 nitrogen and oxygen atoms in total. The zero-order valence-corrected chi connectivity index (χ0v) is 17.2. The molecule has 5 N–H and O–H groups in total. The highest BCUT2D eigenvalue weighted by Crippen LogP contribution is 2.11. The van der Waals surface area contributed by atoms with Crippen LogP contribution >= 0.6 is 0 Å². The molecule has 2 aromatic rings. The summed E-state index contributed by atoms with van der Waals surface area (Å²) >= 11 is 0. The van der Waals surface area contributed by atoms with E-state index in [1.165, 1.54) is 15.8 Å². The van der Waals surface area contributed by atoms with Gasteiger partial charge in [0.05, 0.1) is 12.9 Å². The molecule has 0 spiro atoms. The molecule has 29 heavy (non-hydrogen) atoms. The SMILES string of the molecule is CC(C)NCCN(C(=O)Cn1cnc2c(=O)[nH]c(N)nc21)[C@H](CO)C(=O)C(C)C. The summed E-state index contributed by atoms with van der Waals surface area (Å²) in [5.41, 5.74) is 5.33. The highest BCUT2D eigenvalue weighted by Gasteiger charge is 2.30. The van der Waals surface area contributed by atoms with Crippen LogP contribution in [0, 0.1) is 5.92 Å². The zero-order valence-electron chi connectivity index (χ0n) is 17.2. The van der Waals surface area contributed by atoms with Crippen LogP contribution in [-0.4, -0.2) is 73.0 Å². The van der Waals surface area contributed by atoms with Crippen LogP contribution in [-0.2, 0) is 16.1 Å². The topological polar surface area (TPSA) is 159 Å². The van der Waals surface area contributed by atoms with Gasteiger partial charge in [0.2, 0.25) is 11.9 Å². The summed E-state index contributed by atoms with van der Waals surface area (Å²) in [4.78, 5) is 49.3. The number of nitrogen functional groups attached to an aromatic ring is 1. The average molecular weight is 407 g/mol. The minimum absolute atomic E-state index is 0.0667. The summed E-state index contributed by atoms with van der Waals surface area (Å²) in [6.45, 7) is 7.42. The molecule has 0 aliphatic carbocycles. The first-order chi connectivity index (χ1) is 13.6. The predicted octanol–water partition coefficient (Wildman–Crippen LogP) is -0.886. The Morgan fingerprint density at radius 1 is 1.34 bits per heavy atom. The Hall–Kier alpha value is -2.79. The van der Waals surface area contributed by atoms with E-state index in [9.17, 15) is 19.5 Å². The maximum atomic E-state index is 13.1. The third-order valence-corrected chi connectivity index (χ3v) is 4.47. The van der Waals surface area contributed by atoms with E-state index < -0.39 is 24.1 Å². The van der Waals surface area contributed by atoms with E-state index in [0.717, 1.165) is 0 Å². The van der Waals surface area contributed by atoms with Crippen LogP contribution in [0.25, 0.3) is 11.2 Å². The van der Waals surface area contributed by atoms with Gasteiger partial charge < -0.3 is 25.6 Å². The molecular formula is C18H29N7O4. The van der Waals surface area contributed by atoms with E-state index in [1.54, 1.807) is 13.8 Å². The fourth-order valence-electron chi connectivity index (χ4n) is 2.98. The first-order valence-corrected chi connectivity index (χ1v) is 9.53. The van der Waals surface area contributed by atoms with Crippen molar-refractivity contribution in [3.63, 3.8) is 0 Å². The summed E-state index contributed by atoms with van der Waals surface area (Å²) in [6, 6.07) is -0.746. The Morgan fingerprint density at radius 3 is 2.62 bits per heavy atom. The summed E-state index contributed by atoms with van der Waals surface area (Å²) in [5.74, 6) is -1.05. The molecule has 0 unspecified atom stereocenters. The summed E-state index contributed by atoms with van der Waals surface area (Å²) in [5, 5.41) is 13.0. The summed E-state index contributed by atoms with van der Waals surface area (Å²) in [7, 11) is 0. The lowest BCUT2D eigenvalue weighted by molar-refractivity contribution is -0.142. The molecule has 0 saturated heterocycles. The van der Waals surface area contributed by atoms with Crippen LogP contribution in [0.15, 0.2) is 11.1 Å². The summed E-state index contributed by atoms with van der Waals surface area (Å²) < 4.78 is 1.40. The van der Waals surface area contributed by atoms with Crippen molar-refractivity contribution < 1.29 is 14.7 Å². The van der Waals surface area contributed by atoms with Gasteiger partial charge in [-0.3, -0.25) is 19.4 Å². The van der Waals surface area contributed by atoms with Crippen LogP contribution in [0.4, 0.5) is 5.95 Å². The zero-order chi connectivity index (χ0) is 21.7. The molecule has 1 amide bonds. The number of nitrogens with two attached hydrogens (primary N) is 1. The molecular weight excluding hydrogens is 378 g/mol. The van der Waals surface area contributed by atoms with Crippen molar-refractivity contribution in [2.75, 3.05) is 25.4 Å². The lowest BCUT2D eigenvalue weighted by Crippen LogP contribution is -2.52. The molecule has 2 rings (SSSR count). The number of amides is 1. The molecule has 0 radical (unpaired) electrons. The van der Waals surface area contributed by atoms with E-state index in [1.807, 2.05) is 13.8 Å². The Bertz CT molecular complexity index is 919. The van der Waals surface area contributed by atoms with E-state index >= 15 is 0 Å². The van der Waals surface area contributed by atoms with Crippen molar-refractivity contribution >= 4 is 28.8 Å². The number of aromatic nitrogens is 4. The van der Waals surface area contributed by atoms with Crippen molar-refractivity contribution in [3.05, 3.63) is 16.7 Å². The molecule has 0 saturated carbocycles. The van der Waals surface area contributed by atoms with Crippen LogP contribution < -0.4 is 16.6 Å². The molecule has 160 valence electrons. The highest BCUT2D eigenvalue weighted by atomic mass is 16.3. The molecule has 1 atom stereocenters. The van der Waals surface area contributed by atoms with Gasteiger partial charge in [-0.2, -0.15) is 4.98 Å². The Kier molecular flexibility index (Phi) is 7.46.